The first-order valence-electron chi connectivity index (χ1n) is 7.35. The molecule has 0 saturated heterocycles. The lowest BCUT2D eigenvalue weighted by molar-refractivity contribution is -0.121. The normalized spacial score (nSPS) is 20.2. The number of ether oxygens (including phenoxy) is 1. The van der Waals surface area contributed by atoms with Gasteiger partial charge in [0, 0.05) is 13.0 Å². The first kappa shape index (κ1) is 14.6. The minimum atomic E-state index is 0.161. The van der Waals surface area contributed by atoms with Crippen molar-refractivity contribution in [3.8, 4) is 5.75 Å². The van der Waals surface area contributed by atoms with Gasteiger partial charge in [0.1, 0.15) is 12.4 Å². The molecule has 0 heterocycles. The second kappa shape index (κ2) is 7.13. The van der Waals surface area contributed by atoms with E-state index < -0.39 is 0 Å². The van der Waals surface area contributed by atoms with Gasteiger partial charge >= 0.3 is 0 Å². The highest BCUT2D eigenvalue weighted by Crippen LogP contribution is 2.49. The number of nitrogens with one attached hydrogen (secondary N) is 1. The van der Waals surface area contributed by atoms with E-state index in [0.29, 0.717) is 24.9 Å². The van der Waals surface area contributed by atoms with Crippen LogP contribution in [0.1, 0.15) is 37.7 Å². The molecule has 1 saturated carbocycles. The molecular formula is C17H23NO2. The topological polar surface area (TPSA) is 38.3 Å². The summed E-state index contributed by atoms with van der Waals surface area (Å²) in [6, 6.07) is 8.16. The number of amides is 1. The molecule has 1 aromatic carbocycles. The average molecular weight is 273 g/mol. The summed E-state index contributed by atoms with van der Waals surface area (Å²) in [7, 11) is 0. The van der Waals surface area contributed by atoms with Gasteiger partial charge in [0.25, 0.3) is 0 Å². The third kappa shape index (κ3) is 3.86. The van der Waals surface area contributed by atoms with Crippen LogP contribution in [0.25, 0.3) is 0 Å². The maximum atomic E-state index is 11.5. The van der Waals surface area contributed by atoms with E-state index in [0.717, 1.165) is 25.1 Å². The van der Waals surface area contributed by atoms with Crippen molar-refractivity contribution >= 4 is 5.91 Å². The fourth-order valence-electron chi connectivity index (χ4n) is 2.48. The Bertz CT molecular complexity index is 470. The van der Waals surface area contributed by atoms with Crippen molar-refractivity contribution in [3.63, 3.8) is 0 Å². The lowest BCUT2D eigenvalue weighted by Gasteiger charge is -2.10. The van der Waals surface area contributed by atoms with Gasteiger partial charge in [-0.3, -0.25) is 4.79 Å². The molecule has 1 aliphatic carbocycles. The van der Waals surface area contributed by atoms with Crippen LogP contribution in [0.3, 0.4) is 0 Å². The molecule has 1 aromatic rings. The number of hydrogen-bond acceptors (Lipinski definition) is 2. The third-order valence-corrected chi connectivity index (χ3v) is 3.64. The van der Waals surface area contributed by atoms with Gasteiger partial charge in [-0.25, -0.2) is 0 Å². The highest BCUT2D eigenvalue weighted by atomic mass is 16.5. The Labute approximate surface area is 121 Å². The zero-order valence-electron chi connectivity index (χ0n) is 12.1. The van der Waals surface area contributed by atoms with Crippen molar-refractivity contribution in [2.24, 2.45) is 5.92 Å². The van der Waals surface area contributed by atoms with E-state index in [9.17, 15) is 4.79 Å². The molecule has 2 rings (SSSR count). The molecule has 3 nitrogen and oxygen atoms in total. The molecule has 0 radical (unpaired) electrons. The Balaban J connectivity index is 1.88. The van der Waals surface area contributed by atoms with Crippen LogP contribution in [-0.4, -0.2) is 19.1 Å². The minimum Gasteiger partial charge on any atom is -0.489 e. The lowest BCUT2D eigenvalue weighted by Crippen LogP contribution is -2.25. The molecule has 1 amide bonds. The summed E-state index contributed by atoms with van der Waals surface area (Å²) < 4.78 is 5.69. The number of benzene rings is 1. The maximum Gasteiger partial charge on any atom is 0.219 e. The zero-order chi connectivity index (χ0) is 14.4. The number of carbonyl (C=O) groups is 1. The van der Waals surface area contributed by atoms with Crippen LogP contribution in [-0.2, 0) is 4.79 Å². The Kier molecular flexibility index (Phi) is 5.22. The fourth-order valence-corrected chi connectivity index (χ4v) is 2.48. The molecule has 2 unspecified atom stereocenters. The molecule has 0 spiro atoms. The molecule has 20 heavy (non-hydrogen) atoms. The van der Waals surface area contributed by atoms with E-state index in [1.807, 2.05) is 25.1 Å². The second-order valence-electron chi connectivity index (χ2n) is 5.29. The van der Waals surface area contributed by atoms with Crippen LogP contribution < -0.4 is 10.1 Å². The Morgan fingerprint density at radius 1 is 1.50 bits per heavy atom. The number of rotatable bonds is 8. The smallest absolute Gasteiger partial charge is 0.219 e. The van der Waals surface area contributed by atoms with Gasteiger partial charge in [0.05, 0.1) is 0 Å². The van der Waals surface area contributed by atoms with Gasteiger partial charge in [0.15, 0.2) is 0 Å². The summed E-state index contributed by atoms with van der Waals surface area (Å²) in [4.78, 5) is 11.5. The van der Waals surface area contributed by atoms with Crippen LogP contribution in [0.4, 0.5) is 0 Å². The van der Waals surface area contributed by atoms with E-state index in [1.54, 1.807) is 6.08 Å². The van der Waals surface area contributed by atoms with E-state index in [-0.39, 0.29) is 5.91 Å². The Morgan fingerprint density at radius 3 is 3.05 bits per heavy atom. The van der Waals surface area contributed by atoms with E-state index in [4.69, 9.17) is 4.74 Å². The van der Waals surface area contributed by atoms with Crippen LogP contribution in [0, 0.1) is 5.92 Å². The summed E-state index contributed by atoms with van der Waals surface area (Å²) in [6.07, 6.45) is 4.40. The van der Waals surface area contributed by atoms with Gasteiger partial charge in [-0.1, -0.05) is 37.8 Å². The Hall–Kier alpha value is -1.77. The van der Waals surface area contributed by atoms with Crippen molar-refractivity contribution in [2.45, 2.75) is 32.1 Å². The SMILES string of the molecule is C=CCOc1ccccc1C1CC1CNC(=O)CCC. The molecular weight excluding hydrogens is 250 g/mol. The third-order valence-electron chi connectivity index (χ3n) is 3.64. The molecule has 0 aromatic heterocycles. The van der Waals surface area contributed by atoms with E-state index in [1.165, 1.54) is 5.56 Å². The second-order valence-corrected chi connectivity index (χ2v) is 5.29. The molecule has 1 fully saturated rings. The van der Waals surface area contributed by atoms with Crippen molar-refractivity contribution in [1.82, 2.24) is 5.32 Å². The summed E-state index contributed by atoms with van der Waals surface area (Å²) in [5.74, 6) is 2.16. The first-order chi connectivity index (χ1) is 9.76. The highest BCUT2D eigenvalue weighted by Gasteiger charge is 2.39. The molecule has 1 aliphatic rings. The average Bonchev–Trinajstić information content (AvgIpc) is 3.23. The van der Waals surface area contributed by atoms with Crippen molar-refractivity contribution < 1.29 is 9.53 Å². The molecule has 3 heteroatoms. The van der Waals surface area contributed by atoms with Crippen LogP contribution in [0.5, 0.6) is 5.75 Å². The van der Waals surface area contributed by atoms with Crippen molar-refractivity contribution in [2.75, 3.05) is 13.2 Å². The molecule has 2 atom stereocenters. The van der Waals surface area contributed by atoms with Gasteiger partial charge < -0.3 is 10.1 Å². The highest BCUT2D eigenvalue weighted by molar-refractivity contribution is 5.75. The number of hydrogen-bond donors (Lipinski definition) is 1. The molecule has 108 valence electrons. The number of para-hydroxylation sites is 1. The standard InChI is InChI=1S/C17H23NO2/c1-3-7-17(19)18-12-13-11-15(13)14-8-5-6-9-16(14)20-10-4-2/h4-6,8-9,13,15H,2-3,7,10-12H2,1H3,(H,18,19). The summed E-state index contributed by atoms with van der Waals surface area (Å²) in [5.41, 5.74) is 1.25. The maximum absolute atomic E-state index is 11.5. The predicted molar refractivity (Wildman–Crippen MR) is 80.9 cm³/mol. The van der Waals surface area contributed by atoms with Gasteiger partial charge in [-0.2, -0.15) is 0 Å². The fraction of sp³-hybridized carbons (Fsp3) is 0.471. The van der Waals surface area contributed by atoms with Crippen molar-refractivity contribution in [1.29, 1.82) is 0 Å². The summed E-state index contributed by atoms with van der Waals surface area (Å²) in [5, 5.41) is 3.01. The van der Waals surface area contributed by atoms with Crippen LogP contribution in [0.2, 0.25) is 0 Å². The lowest BCUT2D eigenvalue weighted by atomic mass is 10.1. The van der Waals surface area contributed by atoms with E-state index >= 15 is 0 Å². The van der Waals surface area contributed by atoms with Gasteiger partial charge in [0.2, 0.25) is 5.91 Å². The quantitative estimate of drug-likeness (QED) is 0.738. The van der Waals surface area contributed by atoms with E-state index in [2.05, 4.69) is 18.0 Å². The van der Waals surface area contributed by atoms with Crippen molar-refractivity contribution in [3.05, 3.63) is 42.5 Å². The molecule has 1 N–H and O–H groups in total. The molecule has 0 aliphatic heterocycles. The first-order valence-corrected chi connectivity index (χ1v) is 7.35. The Morgan fingerprint density at radius 2 is 2.30 bits per heavy atom. The summed E-state index contributed by atoms with van der Waals surface area (Å²) >= 11 is 0. The zero-order valence-corrected chi connectivity index (χ0v) is 12.1. The van der Waals surface area contributed by atoms with Crippen LogP contribution in [0.15, 0.2) is 36.9 Å². The van der Waals surface area contributed by atoms with Crippen LogP contribution >= 0.6 is 0 Å². The monoisotopic (exact) mass is 273 g/mol. The molecule has 0 bridgehead atoms. The predicted octanol–water partition coefficient (Wildman–Crippen LogP) is 3.27. The van der Waals surface area contributed by atoms with Gasteiger partial charge in [-0.15, -0.1) is 0 Å². The largest absolute Gasteiger partial charge is 0.489 e. The summed E-state index contributed by atoms with van der Waals surface area (Å²) in [6.45, 7) is 7.00. The minimum absolute atomic E-state index is 0.161. The number of carbonyl (C=O) groups excluding carboxylic acids is 1. The van der Waals surface area contributed by atoms with Gasteiger partial charge in [-0.05, 0) is 36.3 Å².